The fraction of sp³-hybridized carbons (Fsp3) is 0.243. The van der Waals surface area contributed by atoms with Crippen molar-refractivity contribution in [3.8, 4) is 90.6 Å². The lowest BCUT2D eigenvalue weighted by atomic mass is 10.1. The number of carbonyl (C=O) groups is 4. The number of primary amides is 4. The smallest absolute Gasteiger partial charge is 0.231 e. The summed E-state index contributed by atoms with van der Waals surface area (Å²) in [6, 6.07) is 54.5. The molecule has 12 aromatic heterocycles. The Labute approximate surface area is 801 Å². The highest BCUT2D eigenvalue weighted by Gasteiger charge is 2.26. The number of imidazole rings is 4. The van der Waals surface area contributed by atoms with E-state index in [4.69, 9.17) is 57.8 Å². The van der Waals surface area contributed by atoms with Gasteiger partial charge in [-0.05, 0) is 265 Å². The molecular weight excluding hydrogens is 1770 g/mol. The van der Waals surface area contributed by atoms with Crippen LogP contribution in [0.1, 0.15) is 85.4 Å². The number of unbranched alkanes of at least 4 members (excludes halogenated alkanes) is 2. The highest BCUT2D eigenvalue weighted by molar-refractivity contribution is 5.86. The Balaban J connectivity index is 0.000000148. The van der Waals surface area contributed by atoms with Crippen LogP contribution in [0.25, 0.3) is 113 Å². The second kappa shape index (κ2) is 46.4. The SMILES string of the molecule is CCCCCNc1nccc(-c2c(-c3ccc(F)cc3)nc3cc(CN(C)CC(N)=O)ccn23)n1.CCCNc1nccc(-c2c(-c3ccc(F)cc3)nc3cc(CN(C)CC(N)=O)ccn23)n1.CCNc1nccc(-c2c(-c3ccc(F)cc3)nc3cc(CN(C)CC(N)=O)ccn23)n1.Cc1ccc(C)c(CNc2nccc(-c3c(-c4ccc(F)cc4)nc4cc(CN(C)CC(N)=O)ccn34)n2)c1. The summed E-state index contributed by atoms with van der Waals surface area (Å²) in [7, 11) is 7.34. The molecular formula is C103H110F4N28O4. The molecule has 5 aromatic carbocycles. The summed E-state index contributed by atoms with van der Waals surface area (Å²) >= 11 is 0. The molecule has 0 fully saturated rings. The second-order valence-corrected chi connectivity index (χ2v) is 33.8. The molecule has 0 unspecified atom stereocenters. The lowest BCUT2D eigenvalue weighted by molar-refractivity contribution is -0.119. The maximum atomic E-state index is 13.7. The summed E-state index contributed by atoms with van der Waals surface area (Å²) in [6.45, 7) is 16.1. The number of likely N-dealkylation sites (N-methyl/N-ethyl adjacent to an activating group) is 4. The molecule has 0 aliphatic rings. The molecule has 12 N–H and O–H groups in total. The zero-order valence-electron chi connectivity index (χ0n) is 78.7. The van der Waals surface area contributed by atoms with Crippen LogP contribution < -0.4 is 44.2 Å². The van der Waals surface area contributed by atoms with E-state index in [1.54, 1.807) is 73.3 Å². The minimum absolute atomic E-state index is 0.157. The van der Waals surface area contributed by atoms with Gasteiger partial charge in [0.25, 0.3) is 0 Å². The molecule has 32 nitrogen and oxygen atoms in total. The molecule has 4 amide bonds. The van der Waals surface area contributed by atoms with Gasteiger partial charge in [-0.15, -0.1) is 0 Å². The number of nitrogens with zero attached hydrogens (tertiary/aromatic N) is 20. The van der Waals surface area contributed by atoms with Gasteiger partial charge in [0.2, 0.25) is 47.4 Å². The molecule has 0 spiro atoms. The number of aromatic nitrogens is 16. The molecule has 0 saturated carbocycles. The summed E-state index contributed by atoms with van der Waals surface area (Å²) < 4.78 is 62.3. The average Bonchev–Trinajstić information content (AvgIpc) is 1.63. The van der Waals surface area contributed by atoms with Gasteiger partial charge in [0.1, 0.15) is 45.9 Å². The van der Waals surface area contributed by atoms with Crippen LogP contribution in [-0.2, 0) is 51.9 Å². The molecule has 0 atom stereocenters. The fourth-order valence-corrected chi connectivity index (χ4v) is 15.9. The number of aryl methyl sites for hydroxylation is 2. The summed E-state index contributed by atoms with van der Waals surface area (Å²) in [4.78, 5) is 108. The van der Waals surface area contributed by atoms with Crippen LogP contribution in [0.15, 0.2) is 238 Å². The number of amides is 4. The molecule has 0 bridgehead atoms. The number of hydrogen-bond donors (Lipinski definition) is 8. The molecule has 0 aliphatic carbocycles. The molecule has 17 aromatic rings. The van der Waals surface area contributed by atoms with E-state index in [2.05, 4.69) is 92.1 Å². The molecule has 36 heteroatoms. The standard InChI is InChI=1S/C30H30FN7O.C26H30FN7O.C24H26FN7O.C23H24FN7O/c1-19-4-5-20(2)23(14-19)16-34-30-33-12-10-25(35-30)29-28(22-6-8-24(31)9-7-22)36-27-15-21(11-13-38(27)29)17-37(3)18-26(32)39;1-3-4-5-12-29-26-30-13-10-21(31-26)25-24(19-6-8-20(27)9-7-19)32-23-15-18(11-14-34(23)25)16-33(2)17-22(28)35;1-3-10-27-24-28-11-8-19(29-24)23-22(17-4-6-18(25)7-5-17)30-21-13-16(9-12-32(21)23)14-31(2)15-20(26)33;1-3-26-23-27-10-8-18(28-23)22-21(16-4-6-17(24)7-5-16)29-20-12-15(9-11-31(20)22)13-30(2)14-19(25)32/h4-15H,16-18H2,1-3H3,(H2,32,39)(H,33,34,35);6-11,13-15H,3-5,12,16-17H2,1-2H3,(H2,28,35)(H,29,30,31);4-9,11-13H,3,10,14-15H2,1-2H3,(H2,26,33)(H,27,28,29);4-12H,3,13-14H2,1-2H3,(H2,25,32)(H,26,27,28). The first-order valence-electron chi connectivity index (χ1n) is 45.4. The Morgan fingerprint density at radius 1 is 0.331 bits per heavy atom. The molecule has 0 aliphatic heterocycles. The van der Waals surface area contributed by atoms with Crippen LogP contribution in [-0.4, -0.2) is 195 Å². The Hall–Kier alpha value is -16.2. The Bertz CT molecular complexity index is 7160. The molecule has 714 valence electrons. The molecule has 17 rings (SSSR count). The zero-order valence-corrected chi connectivity index (χ0v) is 78.7. The predicted octanol–water partition coefficient (Wildman–Crippen LogP) is 15.1. The van der Waals surface area contributed by atoms with Gasteiger partial charge in [0.05, 0.1) is 94.5 Å². The number of benzene rings is 5. The topological polar surface area (TPSA) is 406 Å². The van der Waals surface area contributed by atoms with Gasteiger partial charge in [0.15, 0.2) is 0 Å². The minimum Gasteiger partial charge on any atom is -0.369 e. The van der Waals surface area contributed by atoms with Crippen molar-refractivity contribution in [3.63, 3.8) is 0 Å². The van der Waals surface area contributed by atoms with Crippen LogP contribution in [0.3, 0.4) is 0 Å². The molecule has 12 heterocycles. The van der Waals surface area contributed by atoms with Crippen molar-refractivity contribution in [2.45, 2.75) is 93.0 Å². The van der Waals surface area contributed by atoms with Crippen molar-refractivity contribution in [2.24, 2.45) is 22.9 Å². The molecule has 0 saturated heterocycles. The summed E-state index contributed by atoms with van der Waals surface area (Å²) in [5.74, 6) is -0.637. The maximum absolute atomic E-state index is 13.7. The van der Waals surface area contributed by atoms with Gasteiger partial charge in [-0.3, -0.25) is 56.4 Å². The number of anilines is 4. The molecule has 0 radical (unpaired) electrons. The Kier molecular flexibility index (Phi) is 33.0. The van der Waals surface area contributed by atoms with E-state index in [1.807, 2.05) is 170 Å². The van der Waals surface area contributed by atoms with Crippen molar-refractivity contribution < 1.29 is 36.7 Å². The van der Waals surface area contributed by atoms with Crippen LogP contribution >= 0.6 is 0 Å². The van der Waals surface area contributed by atoms with E-state index in [0.717, 1.165) is 117 Å². The largest absolute Gasteiger partial charge is 0.369 e. The summed E-state index contributed by atoms with van der Waals surface area (Å²) in [5, 5.41) is 13.0. The van der Waals surface area contributed by atoms with Gasteiger partial charge in [0, 0.05) is 124 Å². The van der Waals surface area contributed by atoms with Crippen LogP contribution in [0.4, 0.5) is 41.4 Å². The maximum Gasteiger partial charge on any atom is 0.231 e. The first-order valence-corrected chi connectivity index (χ1v) is 45.4. The van der Waals surface area contributed by atoms with E-state index in [1.165, 1.54) is 65.2 Å². The van der Waals surface area contributed by atoms with Gasteiger partial charge < -0.3 is 44.2 Å². The van der Waals surface area contributed by atoms with Crippen molar-refractivity contribution >= 4 is 70.0 Å². The highest BCUT2D eigenvalue weighted by atomic mass is 19.1. The number of nitrogens with one attached hydrogen (secondary N) is 4. The number of rotatable bonds is 37. The lowest BCUT2D eigenvalue weighted by Crippen LogP contribution is -2.30. The van der Waals surface area contributed by atoms with Crippen LogP contribution in [0.2, 0.25) is 0 Å². The van der Waals surface area contributed by atoms with Gasteiger partial charge in [-0.1, -0.05) is 50.5 Å². The van der Waals surface area contributed by atoms with Crippen LogP contribution in [0, 0.1) is 37.1 Å². The number of fused-ring (bicyclic) bond motifs is 4. The van der Waals surface area contributed by atoms with E-state index in [-0.39, 0.29) is 73.1 Å². The predicted molar refractivity (Wildman–Crippen MR) is 533 cm³/mol. The number of pyridine rings is 4. The second-order valence-electron chi connectivity index (χ2n) is 33.8. The number of nitrogens with two attached hydrogens (primary N) is 4. The number of carbonyl (C=O) groups excluding carboxylic acids is 4. The first kappa shape index (κ1) is 98.8. The van der Waals surface area contributed by atoms with Crippen molar-refractivity contribution in [1.29, 1.82) is 0 Å². The normalized spacial score (nSPS) is 11.3. The van der Waals surface area contributed by atoms with Gasteiger partial charge in [-0.25, -0.2) is 77.4 Å². The Morgan fingerprint density at radius 3 is 0.899 bits per heavy atom. The van der Waals surface area contributed by atoms with Crippen molar-refractivity contribution in [3.05, 3.63) is 300 Å². The quantitative estimate of drug-likeness (QED) is 0.0132. The number of hydrogen-bond acceptors (Lipinski definition) is 24. The summed E-state index contributed by atoms with van der Waals surface area (Å²) in [6.07, 6.45) is 18.9. The molecule has 139 heavy (non-hydrogen) atoms. The van der Waals surface area contributed by atoms with Crippen LogP contribution in [0.5, 0.6) is 0 Å². The minimum atomic E-state index is -0.383. The van der Waals surface area contributed by atoms with E-state index >= 15 is 0 Å². The van der Waals surface area contributed by atoms with Gasteiger partial charge in [-0.2, -0.15) is 0 Å². The third-order valence-electron chi connectivity index (χ3n) is 22.2. The fourth-order valence-electron chi connectivity index (χ4n) is 15.9. The van der Waals surface area contributed by atoms with E-state index in [9.17, 15) is 36.7 Å². The van der Waals surface area contributed by atoms with Gasteiger partial charge >= 0.3 is 0 Å². The zero-order chi connectivity index (χ0) is 98.3. The average molecular weight is 1880 g/mol. The third-order valence-corrected chi connectivity index (χ3v) is 22.2. The Morgan fingerprint density at radius 2 is 0.619 bits per heavy atom. The third kappa shape index (κ3) is 26.1. The first-order chi connectivity index (χ1) is 67.1. The van der Waals surface area contributed by atoms with Crippen molar-refractivity contribution in [2.75, 3.05) is 95.3 Å². The van der Waals surface area contributed by atoms with E-state index < -0.39 is 0 Å². The van der Waals surface area contributed by atoms with Crippen molar-refractivity contribution in [1.82, 2.24) is 97.0 Å². The number of halogens is 4. The van der Waals surface area contributed by atoms with E-state index in [0.29, 0.717) is 120 Å². The lowest BCUT2D eigenvalue weighted by Gasteiger charge is -2.14. The monoisotopic (exact) mass is 1880 g/mol. The summed E-state index contributed by atoms with van der Waals surface area (Å²) in [5.41, 5.74) is 43.4. The highest BCUT2D eigenvalue weighted by Crippen LogP contribution is 2.39.